The Morgan fingerprint density at radius 2 is 1.97 bits per heavy atom. The van der Waals surface area contributed by atoms with Crippen LogP contribution in [0.2, 0.25) is 0 Å². The molecule has 9 heteroatoms. The lowest BCUT2D eigenvalue weighted by Gasteiger charge is -2.17. The highest BCUT2D eigenvalue weighted by atomic mass is 32.2. The molecule has 2 heterocycles. The van der Waals surface area contributed by atoms with E-state index in [1.165, 1.54) is 37.7 Å². The third-order valence-corrected chi connectivity index (χ3v) is 7.27. The van der Waals surface area contributed by atoms with Gasteiger partial charge in [-0.05, 0) is 55.3 Å². The Morgan fingerprint density at radius 3 is 2.71 bits per heavy atom. The average molecular weight is 438 g/mol. The summed E-state index contributed by atoms with van der Waals surface area (Å²) in [5, 5.41) is 11.6. The summed E-state index contributed by atoms with van der Waals surface area (Å²) >= 11 is 0. The van der Waals surface area contributed by atoms with Gasteiger partial charge in [0.15, 0.2) is 0 Å². The van der Waals surface area contributed by atoms with E-state index in [0.717, 1.165) is 47.0 Å². The van der Waals surface area contributed by atoms with Crippen LogP contribution in [0.1, 0.15) is 30.7 Å². The summed E-state index contributed by atoms with van der Waals surface area (Å²) < 4.78 is 28.6. The van der Waals surface area contributed by atoms with Crippen LogP contribution in [0.15, 0.2) is 47.4 Å². The maximum atomic E-state index is 12.7. The van der Waals surface area contributed by atoms with Gasteiger partial charge in [-0.1, -0.05) is 6.42 Å². The van der Waals surface area contributed by atoms with Crippen LogP contribution in [0.3, 0.4) is 0 Å². The van der Waals surface area contributed by atoms with Gasteiger partial charge in [0, 0.05) is 25.7 Å². The summed E-state index contributed by atoms with van der Waals surface area (Å²) in [6.45, 7) is 0.621. The Hall–Kier alpha value is -3.22. The lowest BCUT2D eigenvalue weighted by Crippen LogP contribution is -2.34. The first-order valence-corrected chi connectivity index (χ1v) is 11.6. The largest absolute Gasteiger partial charge is 0.328 e. The molecule has 1 aliphatic rings. The molecule has 0 aliphatic carbocycles. The Labute approximate surface area is 181 Å². The van der Waals surface area contributed by atoms with Crippen LogP contribution in [0, 0.1) is 11.3 Å². The number of nitrogens with zero attached hydrogens (tertiary/aromatic N) is 4. The number of aromatic nitrogens is 2. The van der Waals surface area contributed by atoms with Gasteiger partial charge in [0.2, 0.25) is 15.9 Å². The number of imidazole rings is 1. The minimum atomic E-state index is -3.84. The van der Waals surface area contributed by atoms with E-state index in [-0.39, 0.29) is 11.4 Å². The van der Waals surface area contributed by atoms with Crippen LogP contribution in [0.4, 0.5) is 5.69 Å². The van der Waals surface area contributed by atoms with Gasteiger partial charge in [-0.2, -0.15) is 9.57 Å². The molecule has 4 rings (SSSR count). The van der Waals surface area contributed by atoms with E-state index in [4.69, 9.17) is 10.2 Å². The number of rotatable bonds is 5. The molecule has 1 aliphatic heterocycles. The number of sulfonamides is 1. The molecule has 0 saturated heterocycles. The second-order valence-electron chi connectivity index (χ2n) is 7.64. The van der Waals surface area contributed by atoms with Crippen LogP contribution in [0.25, 0.3) is 11.0 Å². The highest BCUT2D eigenvalue weighted by molar-refractivity contribution is 7.89. The molecule has 1 aromatic heterocycles. The number of fused-ring (bicyclic) bond motifs is 3. The molecule has 0 spiro atoms. The smallest absolute Gasteiger partial charge is 0.243 e. The van der Waals surface area contributed by atoms with Crippen molar-refractivity contribution in [3.63, 3.8) is 0 Å². The van der Waals surface area contributed by atoms with Crippen molar-refractivity contribution in [2.45, 2.75) is 37.1 Å². The van der Waals surface area contributed by atoms with Crippen molar-refractivity contribution in [2.24, 2.45) is 0 Å². The first-order valence-electron chi connectivity index (χ1n) is 10.1. The van der Waals surface area contributed by atoms with E-state index in [1.54, 1.807) is 0 Å². The number of nitrogens with one attached hydrogen (secondary N) is 1. The fraction of sp³-hybridized carbons (Fsp3) is 0.318. The van der Waals surface area contributed by atoms with Crippen molar-refractivity contribution in [1.82, 2.24) is 13.9 Å². The molecule has 2 aromatic carbocycles. The van der Waals surface area contributed by atoms with E-state index in [1.807, 2.05) is 24.3 Å². The summed E-state index contributed by atoms with van der Waals surface area (Å²) in [7, 11) is -2.49. The summed E-state index contributed by atoms with van der Waals surface area (Å²) in [6, 6.07) is 13.1. The third kappa shape index (κ3) is 4.31. The molecule has 0 bridgehead atoms. The number of hydrogen-bond donors (Lipinski definition) is 1. The zero-order chi connectivity index (χ0) is 22.0. The maximum Gasteiger partial charge on any atom is 0.243 e. The molecule has 0 fully saturated rings. The van der Waals surface area contributed by atoms with Gasteiger partial charge >= 0.3 is 0 Å². The van der Waals surface area contributed by atoms with Crippen LogP contribution >= 0.6 is 0 Å². The predicted octanol–water partition coefficient (Wildman–Crippen LogP) is 2.89. The van der Waals surface area contributed by atoms with E-state index in [0.29, 0.717) is 11.3 Å². The van der Waals surface area contributed by atoms with E-state index in [9.17, 15) is 13.2 Å². The number of benzene rings is 2. The summed E-state index contributed by atoms with van der Waals surface area (Å²) in [4.78, 5) is 17.2. The van der Waals surface area contributed by atoms with Gasteiger partial charge in [-0.3, -0.25) is 4.79 Å². The zero-order valence-corrected chi connectivity index (χ0v) is 18.0. The maximum absolute atomic E-state index is 12.7. The average Bonchev–Trinajstić information content (AvgIpc) is 2.93. The molecule has 0 saturated carbocycles. The Kier molecular flexibility index (Phi) is 5.76. The fourth-order valence-corrected chi connectivity index (χ4v) is 4.92. The van der Waals surface area contributed by atoms with Crippen molar-refractivity contribution in [2.75, 3.05) is 18.9 Å². The lowest BCUT2D eigenvalue weighted by molar-refractivity contribution is -0.116. The molecular weight excluding hydrogens is 414 g/mol. The Morgan fingerprint density at radius 1 is 1.19 bits per heavy atom. The number of carbonyl (C=O) groups excluding carboxylic acids is 1. The van der Waals surface area contributed by atoms with Crippen molar-refractivity contribution in [1.29, 1.82) is 5.26 Å². The topological polar surface area (TPSA) is 108 Å². The quantitative estimate of drug-likeness (QED) is 0.660. The molecule has 1 amide bonds. The van der Waals surface area contributed by atoms with Gasteiger partial charge in [-0.15, -0.1) is 0 Å². The van der Waals surface area contributed by atoms with Crippen molar-refractivity contribution < 1.29 is 13.2 Å². The third-order valence-electron chi connectivity index (χ3n) is 5.45. The van der Waals surface area contributed by atoms with Gasteiger partial charge in [-0.25, -0.2) is 13.4 Å². The minimum absolute atomic E-state index is 0.0303. The minimum Gasteiger partial charge on any atom is -0.328 e. The molecule has 8 nitrogen and oxygen atoms in total. The van der Waals surface area contributed by atoms with Crippen LogP contribution in [-0.4, -0.2) is 41.8 Å². The second-order valence-corrected chi connectivity index (χ2v) is 9.68. The van der Waals surface area contributed by atoms with Gasteiger partial charge in [0.25, 0.3) is 0 Å². The molecule has 0 radical (unpaired) electrons. The normalized spacial score (nSPS) is 14.1. The first kappa shape index (κ1) is 21.0. The number of aryl methyl sites for hydroxylation is 2. The number of likely N-dealkylation sites (N-methyl/N-ethyl adjacent to an activating group) is 1. The number of nitriles is 1. The highest BCUT2D eigenvalue weighted by Gasteiger charge is 2.23. The van der Waals surface area contributed by atoms with E-state index < -0.39 is 15.9 Å². The lowest BCUT2D eigenvalue weighted by atomic mass is 10.2. The molecule has 0 unspecified atom stereocenters. The standard InChI is InChI=1S/C22H23N5O3S/c1-26(31(29,30)18-9-6-16(14-23)7-10-18)15-22(28)24-17-8-11-20-19(13-17)25-21-5-3-2-4-12-27(20)21/h6-11,13H,2-5,12,15H2,1H3,(H,24,28). The molecule has 31 heavy (non-hydrogen) atoms. The number of amides is 1. The fourth-order valence-electron chi connectivity index (χ4n) is 3.80. The van der Waals surface area contributed by atoms with Crippen molar-refractivity contribution in [3.8, 4) is 6.07 Å². The summed E-state index contributed by atoms with van der Waals surface area (Å²) in [5.41, 5.74) is 2.82. The van der Waals surface area contributed by atoms with Crippen LogP contribution in [0.5, 0.6) is 0 Å². The Bertz CT molecular complexity index is 1270. The molecule has 3 aromatic rings. The molecule has 1 N–H and O–H groups in total. The second kappa shape index (κ2) is 8.49. The number of carbonyl (C=O) groups is 1. The zero-order valence-electron chi connectivity index (χ0n) is 17.2. The van der Waals surface area contributed by atoms with Crippen molar-refractivity contribution in [3.05, 3.63) is 53.9 Å². The van der Waals surface area contributed by atoms with Gasteiger partial charge in [0.1, 0.15) is 5.82 Å². The van der Waals surface area contributed by atoms with E-state index >= 15 is 0 Å². The monoisotopic (exact) mass is 437 g/mol. The first-order chi connectivity index (χ1) is 14.9. The number of hydrogen-bond acceptors (Lipinski definition) is 5. The van der Waals surface area contributed by atoms with Gasteiger partial charge in [0.05, 0.1) is 34.1 Å². The highest BCUT2D eigenvalue weighted by Crippen LogP contribution is 2.24. The van der Waals surface area contributed by atoms with Crippen molar-refractivity contribution >= 4 is 32.7 Å². The molecule has 0 atom stereocenters. The SMILES string of the molecule is CN(CC(=O)Nc1ccc2c(c1)nc1n2CCCCC1)S(=O)(=O)c1ccc(C#N)cc1. The predicted molar refractivity (Wildman–Crippen MR) is 117 cm³/mol. The van der Waals surface area contributed by atoms with Crippen LogP contribution in [-0.2, 0) is 27.8 Å². The molecule has 160 valence electrons. The number of anilines is 1. The molecular formula is C22H23N5O3S. The van der Waals surface area contributed by atoms with E-state index in [2.05, 4.69) is 9.88 Å². The Balaban J connectivity index is 1.46. The van der Waals surface area contributed by atoms with Crippen LogP contribution < -0.4 is 5.32 Å². The van der Waals surface area contributed by atoms with Gasteiger partial charge < -0.3 is 9.88 Å². The summed E-state index contributed by atoms with van der Waals surface area (Å²) in [6.07, 6.45) is 4.43. The summed E-state index contributed by atoms with van der Waals surface area (Å²) in [5.74, 6) is 0.629.